The van der Waals surface area contributed by atoms with E-state index in [0.717, 1.165) is 12.0 Å². The molecule has 0 radical (unpaired) electrons. The minimum Gasteiger partial charge on any atom is -0.274 e. The Kier molecular flexibility index (Phi) is 6.31. The lowest BCUT2D eigenvalue weighted by molar-refractivity contribution is -0.119. The van der Waals surface area contributed by atoms with E-state index in [-0.39, 0.29) is 12.2 Å². The maximum atomic E-state index is 12.0. The quantitative estimate of drug-likeness (QED) is 0.826. The highest BCUT2D eigenvalue weighted by molar-refractivity contribution is 7.89. The van der Waals surface area contributed by atoms with E-state index in [0.29, 0.717) is 17.5 Å². The minimum absolute atomic E-state index is 0.153. The van der Waals surface area contributed by atoms with Crippen LogP contribution in [-0.4, -0.2) is 14.3 Å². The van der Waals surface area contributed by atoms with E-state index < -0.39 is 15.9 Å². The lowest BCUT2D eigenvalue weighted by Gasteiger charge is -2.07. The predicted molar refractivity (Wildman–Crippen MR) is 96.0 cm³/mol. The molecule has 0 bridgehead atoms. The topological polar surface area (TPSA) is 87.0 Å². The van der Waals surface area contributed by atoms with Crippen molar-refractivity contribution in [3.05, 3.63) is 70.8 Å². The SMILES string of the molecule is Cc1ccc(CCCC(=O)NS(=O)(=O)Cc2ccc(C#N)cc2)cc1. The number of aryl methyl sites for hydroxylation is 2. The largest absolute Gasteiger partial charge is 0.274 e. The highest BCUT2D eigenvalue weighted by Gasteiger charge is 2.15. The van der Waals surface area contributed by atoms with Crippen molar-refractivity contribution in [2.45, 2.75) is 31.9 Å². The van der Waals surface area contributed by atoms with Gasteiger partial charge in [-0.3, -0.25) is 9.52 Å². The maximum absolute atomic E-state index is 12.0. The van der Waals surface area contributed by atoms with Crippen LogP contribution in [0.25, 0.3) is 0 Å². The molecule has 130 valence electrons. The average Bonchev–Trinajstić information content (AvgIpc) is 2.56. The highest BCUT2D eigenvalue weighted by Crippen LogP contribution is 2.09. The number of nitriles is 1. The third-order valence-corrected chi connectivity index (χ3v) is 4.95. The van der Waals surface area contributed by atoms with E-state index in [2.05, 4.69) is 4.72 Å². The Hall–Kier alpha value is -2.65. The van der Waals surface area contributed by atoms with Crippen LogP contribution in [0.5, 0.6) is 0 Å². The van der Waals surface area contributed by atoms with Crippen LogP contribution in [0.15, 0.2) is 48.5 Å². The third-order valence-electron chi connectivity index (χ3n) is 3.70. The molecule has 25 heavy (non-hydrogen) atoms. The fraction of sp³-hybridized carbons (Fsp3) is 0.263. The summed E-state index contributed by atoms with van der Waals surface area (Å²) >= 11 is 0. The van der Waals surface area contributed by atoms with E-state index in [1.807, 2.05) is 37.3 Å². The number of carbonyl (C=O) groups excluding carboxylic acids is 1. The van der Waals surface area contributed by atoms with Gasteiger partial charge in [-0.15, -0.1) is 0 Å². The fourth-order valence-corrected chi connectivity index (χ4v) is 3.52. The molecule has 2 rings (SSSR count). The molecule has 0 aliphatic rings. The number of hydrogen-bond donors (Lipinski definition) is 1. The van der Waals surface area contributed by atoms with Crippen molar-refractivity contribution < 1.29 is 13.2 Å². The van der Waals surface area contributed by atoms with Crippen molar-refractivity contribution in [1.29, 1.82) is 5.26 Å². The van der Waals surface area contributed by atoms with Crippen molar-refractivity contribution >= 4 is 15.9 Å². The van der Waals surface area contributed by atoms with Crippen LogP contribution < -0.4 is 4.72 Å². The molecule has 0 saturated heterocycles. The number of carbonyl (C=O) groups is 1. The fourth-order valence-electron chi connectivity index (χ4n) is 2.36. The molecule has 1 amide bonds. The third kappa shape index (κ3) is 6.40. The molecular weight excluding hydrogens is 336 g/mol. The molecule has 6 heteroatoms. The second kappa shape index (κ2) is 8.45. The zero-order valence-corrected chi connectivity index (χ0v) is 14.8. The van der Waals surface area contributed by atoms with Gasteiger partial charge in [0.2, 0.25) is 15.9 Å². The minimum atomic E-state index is -3.74. The summed E-state index contributed by atoms with van der Waals surface area (Å²) in [6.07, 6.45) is 1.46. The van der Waals surface area contributed by atoms with Crippen LogP contribution in [0.1, 0.15) is 35.1 Å². The van der Waals surface area contributed by atoms with Gasteiger partial charge in [-0.05, 0) is 43.0 Å². The van der Waals surface area contributed by atoms with E-state index in [4.69, 9.17) is 5.26 Å². The van der Waals surface area contributed by atoms with Crippen molar-refractivity contribution in [2.24, 2.45) is 0 Å². The lowest BCUT2D eigenvalue weighted by Crippen LogP contribution is -2.31. The standard InChI is InChI=1S/C19H20N2O3S/c1-15-5-7-16(8-6-15)3-2-4-19(22)21-25(23,24)14-18-11-9-17(13-20)10-12-18/h5-12H,2-4,14H2,1H3,(H,21,22). The number of benzene rings is 2. The Morgan fingerprint density at radius 3 is 2.24 bits per heavy atom. The van der Waals surface area contributed by atoms with Gasteiger partial charge in [0.05, 0.1) is 17.4 Å². The summed E-state index contributed by atoms with van der Waals surface area (Å²) < 4.78 is 26.2. The van der Waals surface area contributed by atoms with Crippen LogP contribution in [-0.2, 0) is 27.0 Å². The van der Waals surface area contributed by atoms with Crippen molar-refractivity contribution in [3.63, 3.8) is 0 Å². The van der Waals surface area contributed by atoms with Crippen LogP contribution in [0.4, 0.5) is 0 Å². The number of nitrogens with one attached hydrogen (secondary N) is 1. The smallest absolute Gasteiger partial charge is 0.239 e. The van der Waals surface area contributed by atoms with Gasteiger partial charge in [-0.1, -0.05) is 42.0 Å². The highest BCUT2D eigenvalue weighted by atomic mass is 32.2. The van der Waals surface area contributed by atoms with Gasteiger partial charge in [-0.2, -0.15) is 5.26 Å². The number of rotatable bonds is 7. The van der Waals surface area contributed by atoms with Gasteiger partial charge >= 0.3 is 0 Å². The summed E-state index contributed by atoms with van der Waals surface area (Å²) in [5, 5.41) is 8.73. The number of amides is 1. The first kappa shape index (κ1) is 18.7. The molecule has 2 aromatic rings. The summed E-state index contributed by atoms with van der Waals surface area (Å²) in [4.78, 5) is 11.9. The van der Waals surface area contributed by atoms with E-state index >= 15 is 0 Å². The molecule has 0 aliphatic carbocycles. The molecule has 2 aromatic carbocycles. The zero-order valence-electron chi connectivity index (χ0n) is 14.0. The van der Waals surface area contributed by atoms with E-state index in [1.54, 1.807) is 24.3 Å². The summed E-state index contributed by atoms with van der Waals surface area (Å²) in [5.74, 6) is -0.789. The lowest BCUT2D eigenvalue weighted by atomic mass is 10.1. The number of nitrogens with zero attached hydrogens (tertiary/aromatic N) is 1. The first-order valence-corrected chi connectivity index (χ1v) is 9.61. The Bertz CT molecular complexity index is 864. The van der Waals surface area contributed by atoms with Gasteiger partial charge in [-0.25, -0.2) is 8.42 Å². The molecule has 5 nitrogen and oxygen atoms in total. The molecule has 0 heterocycles. The Morgan fingerprint density at radius 1 is 1.04 bits per heavy atom. The van der Waals surface area contributed by atoms with Gasteiger partial charge in [0.15, 0.2) is 0 Å². The van der Waals surface area contributed by atoms with Crippen molar-refractivity contribution in [1.82, 2.24) is 4.72 Å². The molecule has 0 atom stereocenters. The number of sulfonamides is 1. The molecule has 0 saturated carbocycles. The van der Waals surface area contributed by atoms with Crippen LogP contribution in [0, 0.1) is 18.3 Å². The molecule has 0 spiro atoms. The maximum Gasteiger partial charge on any atom is 0.239 e. The predicted octanol–water partition coefficient (Wildman–Crippen LogP) is 2.84. The second-order valence-corrected chi connectivity index (χ2v) is 7.65. The van der Waals surface area contributed by atoms with Crippen molar-refractivity contribution in [2.75, 3.05) is 0 Å². The Morgan fingerprint density at radius 2 is 1.64 bits per heavy atom. The molecular formula is C19H20N2O3S. The average molecular weight is 356 g/mol. The Balaban J connectivity index is 1.81. The van der Waals surface area contributed by atoms with Crippen molar-refractivity contribution in [3.8, 4) is 6.07 Å². The summed E-state index contributed by atoms with van der Waals surface area (Å²) in [5.41, 5.74) is 3.29. The first-order valence-electron chi connectivity index (χ1n) is 7.96. The summed E-state index contributed by atoms with van der Waals surface area (Å²) in [6.45, 7) is 2.01. The number of hydrogen-bond acceptors (Lipinski definition) is 4. The normalized spacial score (nSPS) is 10.9. The van der Waals surface area contributed by atoms with Gasteiger partial charge in [0, 0.05) is 6.42 Å². The molecule has 1 N–H and O–H groups in total. The molecule has 0 unspecified atom stereocenters. The second-order valence-electron chi connectivity index (χ2n) is 5.93. The van der Waals surface area contributed by atoms with Crippen LogP contribution in [0.3, 0.4) is 0 Å². The monoisotopic (exact) mass is 356 g/mol. The molecule has 0 aliphatic heterocycles. The Labute approximate surface area is 148 Å². The zero-order chi connectivity index (χ0) is 18.3. The van der Waals surface area contributed by atoms with Gasteiger partial charge < -0.3 is 0 Å². The molecule has 0 aromatic heterocycles. The van der Waals surface area contributed by atoms with Gasteiger partial charge in [0.1, 0.15) is 0 Å². The first-order chi connectivity index (χ1) is 11.9. The molecule has 0 fully saturated rings. The van der Waals surface area contributed by atoms with E-state index in [1.165, 1.54) is 5.56 Å². The summed E-state index contributed by atoms with van der Waals surface area (Å²) in [6, 6.07) is 16.2. The van der Waals surface area contributed by atoms with Gasteiger partial charge in [0.25, 0.3) is 0 Å². The van der Waals surface area contributed by atoms with E-state index in [9.17, 15) is 13.2 Å². The van der Waals surface area contributed by atoms with Crippen LogP contribution in [0.2, 0.25) is 0 Å². The van der Waals surface area contributed by atoms with Crippen LogP contribution >= 0.6 is 0 Å². The summed E-state index contributed by atoms with van der Waals surface area (Å²) in [7, 11) is -3.74.